The lowest BCUT2D eigenvalue weighted by Crippen LogP contribution is -1.82. The Labute approximate surface area is 133 Å². The molecule has 0 aliphatic rings. The molecule has 0 N–H and O–H groups in total. The first-order valence-corrected chi connectivity index (χ1v) is 7.23. The van der Waals surface area contributed by atoms with E-state index in [0.717, 1.165) is 10.0 Å². The van der Waals surface area contributed by atoms with Gasteiger partial charge in [-0.25, -0.2) is 4.98 Å². The van der Waals surface area contributed by atoms with Gasteiger partial charge in [-0.2, -0.15) is 0 Å². The summed E-state index contributed by atoms with van der Waals surface area (Å²) in [6.07, 6.45) is 0. The number of ether oxygens (including phenoxy) is 1. The van der Waals surface area contributed by atoms with Crippen LogP contribution in [0.25, 0.3) is 22.6 Å². The molecule has 6 heteroatoms. The van der Waals surface area contributed by atoms with Crippen LogP contribution >= 0.6 is 39.1 Å². The second-order valence-corrected chi connectivity index (χ2v) is 5.77. The quantitative estimate of drug-likeness (QED) is 0.589. The van der Waals surface area contributed by atoms with E-state index < -0.39 is 0 Å². The van der Waals surface area contributed by atoms with Crippen LogP contribution < -0.4 is 4.74 Å². The van der Waals surface area contributed by atoms with Crippen LogP contribution in [0.4, 0.5) is 0 Å². The fraction of sp³-hybridized carbons (Fsp3) is 0.0714. The molecule has 0 spiro atoms. The molecule has 0 aliphatic carbocycles. The highest BCUT2D eigenvalue weighted by Crippen LogP contribution is 2.34. The second-order valence-electron chi connectivity index (χ2n) is 4.11. The summed E-state index contributed by atoms with van der Waals surface area (Å²) in [6.45, 7) is 0. The van der Waals surface area contributed by atoms with Crippen LogP contribution in [-0.2, 0) is 0 Å². The normalized spacial score (nSPS) is 11.0. The van der Waals surface area contributed by atoms with E-state index in [0.29, 0.717) is 32.8 Å². The van der Waals surface area contributed by atoms with Gasteiger partial charge in [-0.3, -0.25) is 0 Å². The van der Waals surface area contributed by atoms with Crippen molar-refractivity contribution >= 4 is 50.2 Å². The average Bonchev–Trinajstić information content (AvgIpc) is 2.86. The molecule has 0 amide bonds. The highest BCUT2D eigenvalue weighted by atomic mass is 79.9. The standard InChI is InChI=1S/C14H8BrCl2NO2/c1-19-8-5-9(15)13-12(6-8)18-14(20-13)7-2-3-10(16)11(17)4-7/h2-6H,1H3. The predicted octanol–water partition coefficient (Wildman–Crippen LogP) is 5.57. The molecular weight excluding hydrogens is 365 g/mol. The lowest BCUT2D eigenvalue weighted by atomic mass is 10.2. The third-order valence-electron chi connectivity index (χ3n) is 2.82. The van der Waals surface area contributed by atoms with Crippen LogP contribution in [0.5, 0.6) is 5.75 Å². The van der Waals surface area contributed by atoms with Gasteiger partial charge < -0.3 is 9.15 Å². The minimum Gasteiger partial charge on any atom is -0.497 e. The molecule has 1 aromatic heterocycles. The van der Waals surface area contributed by atoms with Crippen LogP contribution in [0.2, 0.25) is 10.0 Å². The zero-order valence-electron chi connectivity index (χ0n) is 10.3. The van der Waals surface area contributed by atoms with Crippen molar-refractivity contribution in [2.45, 2.75) is 0 Å². The van der Waals surface area contributed by atoms with Crippen LogP contribution in [0.15, 0.2) is 39.2 Å². The fourth-order valence-corrected chi connectivity index (χ4v) is 2.65. The van der Waals surface area contributed by atoms with Gasteiger partial charge in [0.15, 0.2) is 5.58 Å². The maximum atomic E-state index is 6.01. The number of benzene rings is 2. The maximum Gasteiger partial charge on any atom is 0.227 e. The van der Waals surface area contributed by atoms with Crippen LogP contribution in [0.3, 0.4) is 0 Å². The van der Waals surface area contributed by atoms with Gasteiger partial charge in [0.2, 0.25) is 5.89 Å². The first kappa shape index (κ1) is 13.7. The van der Waals surface area contributed by atoms with Gasteiger partial charge in [0, 0.05) is 11.6 Å². The third-order valence-corrected chi connectivity index (χ3v) is 4.15. The minimum absolute atomic E-state index is 0.461. The number of aromatic nitrogens is 1. The van der Waals surface area contributed by atoms with Crippen LogP contribution in [-0.4, -0.2) is 12.1 Å². The second kappa shape index (κ2) is 5.28. The molecule has 0 radical (unpaired) electrons. The summed E-state index contributed by atoms with van der Waals surface area (Å²) in [7, 11) is 1.60. The minimum atomic E-state index is 0.461. The molecule has 3 nitrogen and oxygen atoms in total. The summed E-state index contributed by atoms with van der Waals surface area (Å²) in [5, 5.41) is 0.956. The number of fused-ring (bicyclic) bond motifs is 1. The smallest absolute Gasteiger partial charge is 0.227 e. The Bertz CT molecular complexity index is 801. The number of rotatable bonds is 2. The van der Waals surface area contributed by atoms with E-state index in [1.165, 1.54) is 0 Å². The van der Waals surface area contributed by atoms with Crippen molar-refractivity contribution in [2.75, 3.05) is 7.11 Å². The Kier molecular flexibility index (Phi) is 3.63. The van der Waals surface area contributed by atoms with E-state index in [4.69, 9.17) is 32.4 Å². The summed E-state index contributed by atoms with van der Waals surface area (Å²) >= 11 is 15.4. The predicted molar refractivity (Wildman–Crippen MR) is 83.7 cm³/mol. The molecule has 0 bridgehead atoms. The summed E-state index contributed by atoms with van der Waals surface area (Å²) < 4.78 is 11.7. The largest absolute Gasteiger partial charge is 0.497 e. The highest BCUT2D eigenvalue weighted by Gasteiger charge is 2.13. The molecule has 0 fully saturated rings. The van der Waals surface area contributed by atoms with Crippen LogP contribution in [0.1, 0.15) is 0 Å². The maximum absolute atomic E-state index is 6.01. The number of halogens is 3. The van der Waals surface area contributed by atoms with Crippen molar-refractivity contribution in [1.82, 2.24) is 4.98 Å². The van der Waals surface area contributed by atoms with Gasteiger partial charge in [0.25, 0.3) is 0 Å². The molecule has 1 heterocycles. The summed E-state index contributed by atoms with van der Waals surface area (Å²) in [6, 6.07) is 8.88. The monoisotopic (exact) mass is 371 g/mol. The molecule has 0 aliphatic heterocycles. The number of oxazole rings is 1. The highest BCUT2D eigenvalue weighted by molar-refractivity contribution is 9.10. The Balaban J connectivity index is 2.17. The van der Waals surface area contributed by atoms with Crippen molar-refractivity contribution in [3.63, 3.8) is 0 Å². The first-order chi connectivity index (χ1) is 9.58. The zero-order valence-corrected chi connectivity index (χ0v) is 13.4. The summed E-state index contributed by atoms with van der Waals surface area (Å²) in [4.78, 5) is 4.44. The van der Waals surface area contributed by atoms with Crippen molar-refractivity contribution in [1.29, 1.82) is 0 Å². The van der Waals surface area contributed by atoms with Gasteiger partial charge in [-0.15, -0.1) is 0 Å². The fourth-order valence-electron chi connectivity index (χ4n) is 1.84. The molecule has 0 saturated heterocycles. The number of hydrogen-bond donors (Lipinski definition) is 0. The lowest BCUT2D eigenvalue weighted by Gasteiger charge is -1.99. The molecule has 0 saturated carbocycles. The van der Waals surface area contributed by atoms with Gasteiger partial charge in [-0.1, -0.05) is 23.2 Å². The van der Waals surface area contributed by atoms with E-state index >= 15 is 0 Å². The number of nitrogens with zero attached hydrogens (tertiary/aromatic N) is 1. The lowest BCUT2D eigenvalue weighted by molar-refractivity contribution is 0.415. The third kappa shape index (κ3) is 2.39. The molecule has 3 aromatic rings. The Morgan fingerprint density at radius 3 is 2.65 bits per heavy atom. The van der Waals surface area contributed by atoms with E-state index in [2.05, 4.69) is 20.9 Å². The Morgan fingerprint density at radius 1 is 1.15 bits per heavy atom. The van der Waals surface area contributed by atoms with E-state index in [9.17, 15) is 0 Å². The first-order valence-electron chi connectivity index (χ1n) is 5.68. The number of hydrogen-bond acceptors (Lipinski definition) is 3. The van der Waals surface area contributed by atoms with Gasteiger partial charge in [-0.05, 0) is 40.2 Å². The molecule has 0 atom stereocenters. The topological polar surface area (TPSA) is 35.3 Å². The van der Waals surface area contributed by atoms with E-state index in [1.807, 2.05) is 18.2 Å². The Hall–Kier alpha value is -1.23. The number of methoxy groups -OCH3 is 1. The van der Waals surface area contributed by atoms with Gasteiger partial charge in [0.1, 0.15) is 11.3 Å². The van der Waals surface area contributed by atoms with E-state index in [-0.39, 0.29) is 0 Å². The van der Waals surface area contributed by atoms with Gasteiger partial charge in [0.05, 0.1) is 21.6 Å². The van der Waals surface area contributed by atoms with Gasteiger partial charge >= 0.3 is 0 Å². The summed E-state index contributed by atoms with van der Waals surface area (Å²) in [5.41, 5.74) is 2.13. The van der Waals surface area contributed by atoms with Crippen molar-refractivity contribution in [3.8, 4) is 17.2 Å². The van der Waals surface area contributed by atoms with Crippen molar-refractivity contribution < 1.29 is 9.15 Å². The molecule has 0 unspecified atom stereocenters. The zero-order chi connectivity index (χ0) is 14.3. The molecular formula is C14H8BrCl2NO2. The van der Waals surface area contributed by atoms with Crippen molar-refractivity contribution in [3.05, 3.63) is 44.8 Å². The van der Waals surface area contributed by atoms with E-state index in [1.54, 1.807) is 19.2 Å². The Morgan fingerprint density at radius 2 is 1.95 bits per heavy atom. The summed E-state index contributed by atoms with van der Waals surface area (Å²) in [5.74, 6) is 1.19. The molecule has 20 heavy (non-hydrogen) atoms. The van der Waals surface area contributed by atoms with Crippen LogP contribution in [0, 0.1) is 0 Å². The average molecular weight is 373 g/mol. The molecule has 3 rings (SSSR count). The SMILES string of the molecule is COc1cc(Br)c2oc(-c3ccc(Cl)c(Cl)c3)nc2c1. The molecule has 102 valence electrons. The van der Waals surface area contributed by atoms with Crippen molar-refractivity contribution in [2.24, 2.45) is 0 Å². The molecule has 2 aromatic carbocycles.